The molecular weight excluding hydrogens is 540 g/mol. The van der Waals surface area contributed by atoms with Crippen molar-refractivity contribution in [1.29, 1.82) is 0 Å². The molecule has 0 bridgehead atoms. The molecular formula is C29H34N8O3S. The molecule has 12 heteroatoms. The van der Waals surface area contributed by atoms with Gasteiger partial charge in [-0.1, -0.05) is 6.07 Å². The molecule has 1 fully saturated rings. The summed E-state index contributed by atoms with van der Waals surface area (Å²) in [5, 5.41) is 13.9. The minimum absolute atomic E-state index is 0.183. The number of aromatic nitrogens is 6. The Morgan fingerprint density at radius 3 is 2.73 bits per heavy atom. The Bertz CT molecular complexity index is 1670. The number of ether oxygens (including phenoxy) is 3. The molecule has 6 rings (SSSR count). The third-order valence-electron chi connectivity index (χ3n) is 7.47. The van der Waals surface area contributed by atoms with E-state index in [-0.39, 0.29) is 5.92 Å². The van der Waals surface area contributed by atoms with Crippen molar-refractivity contribution in [1.82, 2.24) is 29.4 Å². The number of para-hydroxylation sites is 1. The molecule has 41 heavy (non-hydrogen) atoms. The molecule has 3 aromatic heterocycles. The number of hydrogen-bond acceptors (Lipinski definition) is 10. The van der Waals surface area contributed by atoms with E-state index in [9.17, 15) is 0 Å². The second-order valence-corrected chi connectivity index (χ2v) is 10.8. The molecule has 1 unspecified atom stereocenters. The summed E-state index contributed by atoms with van der Waals surface area (Å²) in [6, 6.07) is 11.7. The van der Waals surface area contributed by atoms with Gasteiger partial charge < -0.3 is 24.4 Å². The smallest absolute Gasteiger partial charge is 0.226 e. The molecule has 4 heterocycles. The van der Waals surface area contributed by atoms with Crippen LogP contribution in [0.2, 0.25) is 0 Å². The van der Waals surface area contributed by atoms with E-state index in [1.165, 1.54) is 0 Å². The van der Waals surface area contributed by atoms with Gasteiger partial charge in [0.1, 0.15) is 22.8 Å². The third kappa shape index (κ3) is 5.31. The second kappa shape index (κ2) is 11.7. The first-order valence-electron chi connectivity index (χ1n) is 13.6. The highest BCUT2D eigenvalue weighted by Crippen LogP contribution is 2.33. The zero-order valence-electron chi connectivity index (χ0n) is 23.7. The first-order chi connectivity index (χ1) is 20.1. The second-order valence-electron chi connectivity index (χ2n) is 9.97. The maximum absolute atomic E-state index is 5.66. The normalized spacial score (nSPS) is 15.4. The Morgan fingerprint density at radius 1 is 1.05 bits per heavy atom. The summed E-state index contributed by atoms with van der Waals surface area (Å²) in [6.07, 6.45) is 8.23. The van der Waals surface area contributed by atoms with E-state index >= 15 is 0 Å². The van der Waals surface area contributed by atoms with Crippen LogP contribution < -0.4 is 24.4 Å². The first kappa shape index (κ1) is 27.0. The lowest BCUT2D eigenvalue weighted by molar-refractivity contribution is 0.391. The van der Waals surface area contributed by atoms with Crippen molar-refractivity contribution in [3.05, 3.63) is 60.2 Å². The Morgan fingerprint density at radius 2 is 1.93 bits per heavy atom. The quantitative estimate of drug-likeness (QED) is 0.250. The topological polar surface area (TPSA) is 104 Å². The SMILES string of the molecule is COc1ccc(CNc2nc3c(OC)cccc3c3nc(C4CCCN(c5cnn(CSC)c5)C4)nn23)c(OC)c1. The number of thioether (sulfide) groups is 1. The van der Waals surface area contributed by atoms with Crippen LogP contribution >= 0.6 is 11.8 Å². The number of nitrogens with one attached hydrogen (secondary N) is 1. The van der Waals surface area contributed by atoms with Gasteiger partial charge >= 0.3 is 0 Å². The fourth-order valence-corrected chi connectivity index (χ4v) is 5.79. The van der Waals surface area contributed by atoms with Gasteiger partial charge in [-0.2, -0.15) is 9.61 Å². The Kier molecular flexibility index (Phi) is 7.73. The van der Waals surface area contributed by atoms with Crippen LogP contribution in [-0.2, 0) is 12.4 Å². The van der Waals surface area contributed by atoms with E-state index in [0.717, 1.165) is 76.9 Å². The first-order valence-corrected chi connectivity index (χ1v) is 15.0. The number of nitrogens with zero attached hydrogens (tertiary/aromatic N) is 7. The molecule has 1 aliphatic heterocycles. The number of methoxy groups -OCH3 is 3. The summed E-state index contributed by atoms with van der Waals surface area (Å²) >= 11 is 1.75. The van der Waals surface area contributed by atoms with Crippen molar-refractivity contribution in [2.24, 2.45) is 0 Å². The Balaban J connectivity index is 1.35. The van der Waals surface area contributed by atoms with E-state index in [0.29, 0.717) is 18.2 Å². The highest BCUT2D eigenvalue weighted by atomic mass is 32.2. The third-order valence-corrected chi connectivity index (χ3v) is 7.99. The van der Waals surface area contributed by atoms with Crippen molar-refractivity contribution in [2.75, 3.05) is 50.9 Å². The number of fused-ring (bicyclic) bond motifs is 3. The summed E-state index contributed by atoms with van der Waals surface area (Å²) < 4.78 is 20.4. The average molecular weight is 575 g/mol. The van der Waals surface area contributed by atoms with E-state index in [1.807, 2.05) is 51.8 Å². The largest absolute Gasteiger partial charge is 0.497 e. The zero-order valence-corrected chi connectivity index (χ0v) is 24.5. The monoisotopic (exact) mass is 574 g/mol. The van der Waals surface area contributed by atoms with Gasteiger partial charge in [-0.05, 0) is 43.4 Å². The summed E-state index contributed by atoms with van der Waals surface area (Å²) in [5.41, 5.74) is 3.59. The number of hydrogen-bond donors (Lipinski definition) is 1. The molecule has 1 aliphatic rings. The molecule has 0 aliphatic carbocycles. The molecule has 11 nitrogen and oxygen atoms in total. The highest BCUT2D eigenvalue weighted by Gasteiger charge is 2.27. The molecule has 2 aromatic carbocycles. The molecule has 214 valence electrons. The van der Waals surface area contributed by atoms with Crippen molar-refractivity contribution in [3.8, 4) is 17.2 Å². The Hall–Kier alpha value is -4.19. The van der Waals surface area contributed by atoms with Crippen molar-refractivity contribution in [2.45, 2.75) is 31.2 Å². The maximum atomic E-state index is 5.66. The fraction of sp³-hybridized carbons (Fsp3) is 0.379. The van der Waals surface area contributed by atoms with Crippen LogP contribution in [0.15, 0.2) is 48.8 Å². The summed E-state index contributed by atoms with van der Waals surface area (Å²) in [6.45, 7) is 2.30. The predicted octanol–water partition coefficient (Wildman–Crippen LogP) is 4.82. The van der Waals surface area contributed by atoms with Crippen LogP contribution in [0.1, 0.15) is 30.1 Å². The van der Waals surface area contributed by atoms with Crippen molar-refractivity contribution < 1.29 is 14.2 Å². The number of piperidine rings is 1. The summed E-state index contributed by atoms with van der Waals surface area (Å²) in [7, 11) is 4.95. The Labute approximate surface area is 242 Å². The van der Waals surface area contributed by atoms with Crippen LogP contribution in [0.4, 0.5) is 11.6 Å². The molecule has 0 radical (unpaired) electrons. The minimum Gasteiger partial charge on any atom is -0.497 e. The van der Waals surface area contributed by atoms with Crippen molar-refractivity contribution >= 4 is 39.9 Å². The number of anilines is 2. The van der Waals surface area contributed by atoms with Gasteiger partial charge in [0.05, 0.1) is 39.1 Å². The van der Waals surface area contributed by atoms with Gasteiger partial charge in [-0.25, -0.2) is 9.97 Å². The summed E-state index contributed by atoms with van der Waals surface area (Å²) in [4.78, 5) is 12.4. The lowest BCUT2D eigenvalue weighted by Crippen LogP contribution is -2.34. The number of rotatable bonds is 10. The van der Waals surface area contributed by atoms with Gasteiger partial charge in [0.15, 0.2) is 11.5 Å². The van der Waals surface area contributed by atoms with E-state index in [4.69, 9.17) is 29.3 Å². The predicted molar refractivity (Wildman–Crippen MR) is 162 cm³/mol. The van der Waals surface area contributed by atoms with Gasteiger partial charge in [-0.15, -0.1) is 16.9 Å². The van der Waals surface area contributed by atoms with Gasteiger partial charge in [0.2, 0.25) is 5.95 Å². The molecule has 0 spiro atoms. The van der Waals surface area contributed by atoms with Crippen LogP contribution in [0, 0.1) is 0 Å². The average Bonchev–Trinajstić information content (AvgIpc) is 3.68. The van der Waals surface area contributed by atoms with Crippen LogP contribution in [0.5, 0.6) is 17.2 Å². The molecule has 1 saturated heterocycles. The zero-order chi connectivity index (χ0) is 28.3. The van der Waals surface area contributed by atoms with Crippen LogP contribution in [0.25, 0.3) is 16.6 Å². The lowest BCUT2D eigenvalue weighted by Gasteiger charge is -2.32. The number of benzene rings is 2. The highest BCUT2D eigenvalue weighted by molar-refractivity contribution is 7.97. The minimum atomic E-state index is 0.183. The summed E-state index contributed by atoms with van der Waals surface area (Å²) in [5.74, 6) is 4.57. The van der Waals surface area contributed by atoms with E-state index in [1.54, 1.807) is 33.1 Å². The fourth-order valence-electron chi connectivity index (χ4n) is 5.39. The molecule has 1 N–H and O–H groups in total. The van der Waals surface area contributed by atoms with Crippen molar-refractivity contribution in [3.63, 3.8) is 0 Å². The standard InChI is InChI=1S/C29H34N8O3S/c1-38-22-11-10-19(25(13-22)40-3)14-30-29-32-26-23(8-5-9-24(26)39-2)28-33-27(34-37(28)29)20-7-6-12-35(16-20)21-15-31-36(17-21)18-41-4/h5,8-11,13,15,17,20H,6-7,12,14,16,18H2,1-4H3,(H,30,32). The molecule has 1 atom stereocenters. The lowest BCUT2D eigenvalue weighted by atomic mass is 9.97. The van der Waals surface area contributed by atoms with Crippen LogP contribution in [0.3, 0.4) is 0 Å². The maximum Gasteiger partial charge on any atom is 0.226 e. The molecule has 0 amide bonds. The van der Waals surface area contributed by atoms with E-state index in [2.05, 4.69) is 27.8 Å². The van der Waals surface area contributed by atoms with Gasteiger partial charge in [0, 0.05) is 48.8 Å². The molecule has 5 aromatic rings. The van der Waals surface area contributed by atoms with Crippen LogP contribution in [-0.4, -0.2) is 70.0 Å². The molecule has 0 saturated carbocycles. The van der Waals surface area contributed by atoms with Gasteiger partial charge in [-0.3, -0.25) is 4.68 Å². The van der Waals surface area contributed by atoms with E-state index < -0.39 is 0 Å². The van der Waals surface area contributed by atoms with Gasteiger partial charge in [0.25, 0.3) is 0 Å².